The molecule has 1 nitrogen and oxygen atoms in total. The first-order chi connectivity index (χ1) is 10.9. The van der Waals surface area contributed by atoms with Gasteiger partial charge in [-0.15, -0.1) is 23.2 Å². The summed E-state index contributed by atoms with van der Waals surface area (Å²) in [6, 6.07) is 10.9. The van der Waals surface area contributed by atoms with E-state index >= 15 is 0 Å². The normalized spacial score (nSPS) is 22.2. The highest BCUT2D eigenvalue weighted by Gasteiger charge is 2.64. The zero-order valence-electron chi connectivity index (χ0n) is 12.1. The Bertz CT molecular complexity index is 716. The van der Waals surface area contributed by atoms with E-state index in [0.29, 0.717) is 11.3 Å². The molecular formula is C17H13Cl2F3O. The molecule has 0 radical (unpaired) electrons. The molecular weight excluding hydrogens is 348 g/mol. The largest absolute Gasteiger partial charge is 0.497 e. The van der Waals surface area contributed by atoms with Crippen molar-refractivity contribution in [1.29, 1.82) is 0 Å². The molecule has 2 atom stereocenters. The summed E-state index contributed by atoms with van der Waals surface area (Å²) in [6.45, 7) is 0. The number of hydrogen-bond donors (Lipinski definition) is 0. The van der Waals surface area contributed by atoms with Gasteiger partial charge < -0.3 is 4.74 Å². The molecule has 2 aromatic carbocycles. The maximum absolute atomic E-state index is 13.8. The Hall–Kier alpha value is -1.39. The summed E-state index contributed by atoms with van der Waals surface area (Å²) >= 11 is 12.7. The third-order valence-electron chi connectivity index (χ3n) is 4.15. The molecule has 3 rings (SSSR count). The lowest BCUT2D eigenvalue weighted by Gasteiger charge is -2.06. The Balaban J connectivity index is 1.89. The van der Waals surface area contributed by atoms with Crippen LogP contribution in [0.5, 0.6) is 5.75 Å². The Morgan fingerprint density at radius 1 is 1.00 bits per heavy atom. The van der Waals surface area contributed by atoms with Gasteiger partial charge in [-0.05, 0) is 29.3 Å². The molecule has 0 unspecified atom stereocenters. The predicted octanol–water partition coefficient (Wildman–Crippen LogP) is 5.83. The van der Waals surface area contributed by atoms with Crippen molar-refractivity contribution in [2.75, 3.05) is 7.11 Å². The fourth-order valence-electron chi connectivity index (χ4n) is 2.88. The number of methoxy groups -OCH3 is 1. The van der Waals surface area contributed by atoms with E-state index in [1.807, 2.05) is 12.1 Å². The van der Waals surface area contributed by atoms with E-state index in [4.69, 9.17) is 27.9 Å². The lowest BCUT2D eigenvalue weighted by Crippen LogP contribution is -1.95. The Labute approximate surface area is 142 Å². The van der Waals surface area contributed by atoms with Crippen LogP contribution in [0.25, 0.3) is 0 Å². The van der Waals surface area contributed by atoms with Gasteiger partial charge in [-0.3, -0.25) is 0 Å². The molecule has 2 aromatic rings. The van der Waals surface area contributed by atoms with E-state index < -0.39 is 22.1 Å². The number of ether oxygens (including phenoxy) is 1. The van der Waals surface area contributed by atoms with Crippen LogP contribution in [0.2, 0.25) is 0 Å². The summed E-state index contributed by atoms with van der Waals surface area (Å²) in [7, 11) is 1.57. The van der Waals surface area contributed by atoms with Gasteiger partial charge in [0.2, 0.25) is 0 Å². The summed E-state index contributed by atoms with van der Waals surface area (Å²) in [5.74, 6) is -0.816. The maximum Gasteiger partial charge on any atom is 0.266 e. The second kappa shape index (κ2) is 5.91. The van der Waals surface area contributed by atoms with Gasteiger partial charge in [0.25, 0.3) is 6.43 Å². The summed E-state index contributed by atoms with van der Waals surface area (Å²) in [5, 5.41) is 0. The van der Waals surface area contributed by atoms with Crippen LogP contribution >= 0.6 is 23.2 Å². The van der Waals surface area contributed by atoms with Crippen LogP contribution in [0.15, 0.2) is 42.5 Å². The smallest absolute Gasteiger partial charge is 0.266 e. The summed E-state index contributed by atoms with van der Waals surface area (Å²) < 4.78 is 43.1. The van der Waals surface area contributed by atoms with Gasteiger partial charge in [-0.25, -0.2) is 13.2 Å². The first kappa shape index (κ1) is 16.5. The summed E-state index contributed by atoms with van der Waals surface area (Å²) in [6.07, 6.45) is -2.85. The van der Waals surface area contributed by atoms with Gasteiger partial charge in [0, 0.05) is 11.8 Å². The van der Waals surface area contributed by atoms with E-state index in [1.165, 1.54) is 6.07 Å². The lowest BCUT2D eigenvalue weighted by molar-refractivity contribution is 0.146. The van der Waals surface area contributed by atoms with Crippen molar-refractivity contribution < 1.29 is 17.9 Å². The second-order valence-corrected chi connectivity index (χ2v) is 6.93. The molecule has 1 aliphatic carbocycles. The van der Waals surface area contributed by atoms with E-state index in [1.54, 1.807) is 19.2 Å². The Morgan fingerprint density at radius 2 is 1.57 bits per heavy atom. The number of benzene rings is 2. The van der Waals surface area contributed by atoms with Crippen molar-refractivity contribution in [3.63, 3.8) is 0 Å². The number of hydrogen-bond acceptors (Lipinski definition) is 1. The molecule has 1 saturated carbocycles. The standard InChI is InChI=1S/C17H13Cl2F3O/c1-23-11-5-2-9(3-6-11)14-15(17(14,18)19)10-4-7-12(16(21)22)13(20)8-10/h2-8,14-16H,1H3/t14-,15-/m1/s1. The molecule has 0 bridgehead atoms. The first-order valence-electron chi connectivity index (χ1n) is 6.95. The van der Waals surface area contributed by atoms with Gasteiger partial charge in [-0.2, -0.15) is 0 Å². The molecule has 0 N–H and O–H groups in total. The van der Waals surface area contributed by atoms with Gasteiger partial charge in [0.15, 0.2) is 0 Å². The summed E-state index contributed by atoms with van der Waals surface area (Å²) in [4.78, 5) is 0. The molecule has 1 aliphatic rings. The molecule has 0 aromatic heterocycles. The van der Waals surface area contributed by atoms with E-state index in [0.717, 1.165) is 17.7 Å². The average Bonchev–Trinajstić information content (AvgIpc) is 3.09. The first-order valence-corrected chi connectivity index (χ1v) is 7.71. The maximum atomic E-state index is 13.8. The Morgan fingerprint density at radius 3 is 2.09 bits per heavy atom. The summed E-state index contributed by atoms with van der Waals surface area (Å²) in [5.41, 5.74) is 0.780. The molecule has 0 heterocycles. The average molecular weight is 361 g/mol. The minimum atomic E-state index is -2.85. The fourth-order valence-corrected chi connectivity index (χ4v) is 3.76. The number of alkyl halides is 4. The van der Waals surface area contributed by atoms with Crippen LogP contribution in [0.3, 0.4) is 0 Å². The fraction of sp³-hybridized carbons (Fsp3) is 0.294. The molecule has 1 fully saturated rings. The van der Waals surface area contributed by atoms with E-state index in [9.17, 15) is 13.2 Å². The van der Waals surface area contributed by atoms with Crippen LogP contribution in [0.4, 0.5) is 13.2 Å². The highest BCUT2D eigenvalue weighted by atomic mass is 35.5. The highest BCUT2D eigenvalue weighted by Crippen LogP contribution is 2.70. The predicted molar refractivity (Wildman–Crippen MR) is 84.3 cm³/mol. The van der Waals surface area contributed by atoms with Crippen molar-refractivity contribution in [2.24, 2.45) is 0 Å². The van der Waals surface area contributed by atoms with Crippen LogP contribution in [0.1, 0.15) is 35.0 Å². The molecule has 6 heteroatoms. The van der Waals surface area contributed by atoms with Crippen molar-refractivity contribution >= 4 is 23.2 Å². The molecule has 23 heavy (non-hydrogen) atoms. The zero-order chi connectivity index (χ0) is 16.8. The van der Waals surface area contributed by atoms with E-state index in [-0.39, 0.29) is 11.8 Å². The SMILES string of the molecule is COc1ccc([C@@H]2[C@@H](c3ccc(C(F)F)c(F)c3)C2(Cl)Cl)cc1. The molecule has 122 valence electrons. The van der Waals surface area contributed by atoms with E-state index in [2.05, 4.69) is 0 Å². The third kappa shape index (κ3) is 2.90. The molecule has 0 aliphatic heterocycles. The van der Waals surface area contributed by atoms with Gasteiger partial charge >= 0.3 is 0 Å². The Kier molecular flexibility index (Phi) is 4.23. The van der Waals surface area contributed by atoms with Crippen LogP contribution in [-0.2, 0) is 0 Å². The monoisotopic (exact) mass is 360 g/mol. The second-order valence-electron chi connectivity index (χ2n) is 5.48. The lowest BCUT2D eigenvalue weighted by atomic mass is 10.0. The van der Waals surface area contributed by atoms with Crippen LogP contribution in [-0.4, -0.2) is 11.4 Å². The zero-order valence-corrected chi connectivity index (χ0v) is 13.6. The topological polar surface area (TPSA) is 9.23 Å². The van der Waals surface area contributed by atoms with Crippen molar-refractivity contribution in [2.45, 2.75) is 22.6 Å². The van der Waals surface area contributed by atoms with Crippen LogP contribution < -0.4 is 4.74 Å². The van der Waals surface area contributed by atoms with Crippen molar-refractivity contribution in [3.05, 3.63) is 65.0 Å². The van der Waals surface area contributed by atoms with Gasteiger partial charge in [0.05, 0.1) is 12.7 Å². The molecule has 0 saturated heterocycles. The molecule has 0 spiro atoms. The quantitative estimate of drug-likeness (QED) is 0.623. The minimum Gasteiger partial charge on any atom is -0.497 e. The van der Waals surface area contributed by atoms with Gasteiger partial charge in [-0.1, -0.05) is 24.3 Å². The van der Waals surface area contributed by atoms with Crippen LogP contribution in [0, 0.1) is 5.82 Å². The highest BCUT2D eigenvalue weighted by molar-refractivity contribution is 6.52. The number of rotatable bonds is 4. The van der Waals surface area contributed by atoms with Crippen molar-refractivity contribution in [1.82, 2.24) is 0 Å². The molecule has 0 amide bonds. The number of halogens is 5. The van der Waals surface area contributed by atoms with Crippen molar-refractivity contribution in [3.8, 4) is 5.75 Å². The van der Waals surface area contributed by atoms with Gasteiger partial charge in [0.1, 0.15) is 15.9 Å². The third-order valence-corrected chi connectivity index (χ3v) is 5.09. The minimum absolute atomic E-state index is 0.228.